The third-order valence-corrected chi connectivity index (χ3v) is 5.44. The molecule has 2 aliphatic heterocycles. The largest absolute Gasteiger partial charge is 0.539 e. The Morgan fingerprint density at radius 2 is 1.85 bits per heavy atom. The van der Waals surface area contributed by atoms with Crippen LogP contribution in [0.4, 0.5) is 0 Å². The lowest BCUT2D eigenvalue weighted by atomic mass is 10.1. The van der Waals surface area contributed by atoms with Crippen molar-refractivity contribution in [1.29, 1.82) is 0 Å². The van der Waals surface area contributed by atoms with E-state index in [9.17, 15) is 5.11 Å². The van der Waals surface area contributed by atoms with Gasteiger partial charge in [-0.05, 0) is 22.4 Å². The predicted octanol–water partition coefficient (Wildman–Crippen LogP) is 2.02. The van der Waals surface area contributed by atoms with E-state index in [0.717, 1.165) is 22.4 Å². The van der Waals surface area contributed by atoms with Crippen molar-refractivity contribution in [2.24, 2.45) is 4.99 Å². The maximum absolute atomic E-state index is 12.4. The number of fused-ring (bicyclic) bond motifs is 1. The monoisotopic (exact) mass is 410 g/mol. The highest BCUT2D eigenvalue weighted by Gasteiger charge is 2.55. The van der Waals surface area contributed by atoms with Crippen LogP contribution < -0.4 is 9.79 Å². The van der Waals surface area contributed by atoms with E-state index in [2.05, 4.69) is 43.2 Å². The van der Waals surface area contributed by atoms with E-state index in [1.807, 2.05) is 42.5 Å². The number of hydrogen-bond acceptors (Lipinski definition) is 5. The van der Waals surface area contributed by atoms with Gasteiger partial charge in [-0.3, -0.25) is 9.89 Å². The normalized spacial score (nSPS) is 24.0. The summed E-state index contributed by atoms with van der Waals surface area (Å²) in [5.74, 6) is -0.448. The van der Waals surface area contributed by atoms with Crippen LogP contribution in [0.1, 0.15) is 17.3 Å². The summed E-state index contributed by atoms with van der Waals surface area (Å²) in [5.41, 5.74) is 3.20. The van der Waals surface area contributed by atoms with Crippen molar-refractivity contribution < 1.29 is 14.3 Å². The Bertz CT molecular complexity index is 985. The summed E-state index contributed by atoms with van der Waals surface area (Å²) in [6, 6.07) is 18.2. The van der Waals surface area contributed by atoms with Gasteiger partial charge < -0.3 is 9.63 Å². The van der Waals surface area contributed by atoms with Gasteiger partial charge in [0.05, 0.1) is 23.9 Å². The fraction of sp³-hybridized carbons (Fsp3) is 0.211. The summed E-state index contributed by atoms with van der Waals surface area (Å²) >= 11 is 3.48. The Labute approximate surface area is 158 Å². The smallest absolute Gasteiger partial charge is 0.286 e. The first-order valence-electron chi connectivity index (χ1n) is 8.44. The summed E-state index contributed by atoms with van der Waals surface area (Å²) < 4.78 is 7.59. The van der Waals surface area contributed by atoms with Gasteiger partial charge in [0, 0.05) is 23.2 Å². The van der Waals surface area contributed by atoms with E-state index in [0.29, 0.717) is 12.2 Å². The molecule has 7 heteroatoms. The van der Waals surface area contributed by atoms with Crippen molar-refractivity contribution in [1.82, 2.24) is 10.2 Å². The topological polar surface area (TPSA) is 68.3 Å². The second-order valence-electron chi connectivity index (χ2n) is 6.40. The Morgan fingerprint density at radius 1 is 1.08 bits per heavy atom. The molecule has 5 rings (SSSR count). The average molecular weight is 411 g/mol. The molecule has 0 N–H and O–H groups in total. The molecule has 0 spiro atoms. The second kappa shape index (κ2) is 6.03. The molecule has 3 aromatic rings. The molecule has 2 aromatic carbocycles. The summed E-state index contributed by atoms with van der Waals surface area (Å²) in [4.78, 5) is 7.03. The van der Waals surface area contributed by atoms with Crippen LogP contribution in [0.15, 0.2) is 68.6 Å². The number of nitrogens with zero attached hydrogens (tertiary/aromatic N) is 4. The lowest BCUT2D eigenvalue weighted by molar-refractivity contribution is -0.671. The van der Waals surface area contributed by atoms with E-state index in [-0.39, 0.29) is 12.1 Å². The van der Waals surface area contributed by atoms with Crippen molar-refractivity contribution in [3.05, 3.63) is 70.3 Å². The zero-order valence-corrected chi connectivity index (χ0v) is 15.3. The van der Waals surface area contributed by atoms with Gasteiger partial charge in [-0.2, -0.15) is 0 Å². The molecule has 3 unspecified atom stereocenters. The maximum atomic E-state index is 12.4. The van der Waals surface area contributed by atoms with Gasteiger partial charge in [-0.15, -0.1) is 0 Å². The fourth-order valence-electron chi connectivity index (χ4n) is 3.70. The minimum atomic E-state index is -0.448. The first-order valence-corrected chi connectivity index (χ1v) is 9.24. The van der Waals surface area contributed by atoms with Crippen molar-refractivity contribution in [2.75, 3.05) is 13.1 Å². The molecule has 6 nitrogen and oxygen atoms in total. The lowest BCUT2D eigenvalue weighted by Crippen LogP contribution is -2.41. The van der Waals surface area contributed by atoms with E-state index in [1.54, 1.807) is 4.68 Å². The van der Waals surface area contributed by atoms with Crippen LogP contribution in [0.2, 0.25) is 0 Å². The van der Waals surface area contributed by atoms with Gasteiger partial charge in [-0.1, -0.05) is 46.3 Å². The Kier molecular flexibility index (Phi) is 3.65. The van der Waals surface area contributed by atoms with E-state index in [1.165, 1.54) is 5.56 Å². The number of aliphatic imine (C=N–C) groups is 1. The third-order valence-electron chi connectivity index (χ3n) is 4.91. The van der Waals surface area contributed by atoms with E-state index < -0.39 is 5.95 Å². The van der Waals surface area contributed by atoms with Crippen LogP contribution in [0.5, 0.6) is 5.95 Å². The summed E-state index contributed by atoms with van der Waals surface area (Å²) in [5, 5.41) is 16.4. The Hall–Kier alpha value is -2.51. The van der Waals surface area contributed by atoms with Crippen molar-refractivity contribution in [2.45, 2.75) is 12.1 Å². The first kappa shape index (κ1) is 15.7. The van der Waals surface area contributed by atoms with Crippen LogP contribution in [0, 0.1) is 0 Å². The van der Waals surface area contributed by atoms with Crippen molar-refractivity contribution >= 4 is 21.6 Å². The molecule has 0 saturated carbocycles. The molecule has 1 aromatic heterocycles. The second-order valence-corrected chi connectivity index (χ2v) is 7.32. The highest BCUT2D eigenvalue weighted by atomic mass is 79.9. The van der Waals surface area contributed by atoms with Gasteiger partial charge in [0.1, 0.15) is 5.71 Å². The van der Waals surface area contributed by atoms with Crippen molar-refractivity contribution in [3.63, 3.8) is 0 Å². The van der Waals surface area contributed by atoms with Crippen LogP contribution in [-0.4, -0.2) is 35.0 Å². The number of rotatable bonds is 3. The molecular weight excluding hydrogens is 396 g/mol. The number of benzene rings is 2. The third kappa shape index (κ3) is 2.47. The molecule has 1 saturated heterocycles. The average Bonchev–Trinajstić information content (AvgIpc) is 3.29. The molecule has 26 heavy (non-hydrogen) atoms. The number of para-hydroxylation sites is 1. The van der Waals surface area contributed by atoms with Gasteiger partial charge in [0.15, 0.2) is 5.95 Å². The van der Waals surface area contributed by atoms with Crippen LogP contribution in [0.25, 0.3) is 5.69 Å². The highest BCUT2D eigenvalue weighted by Crippen LogP contribution is 2.46. The molecule has 2 aliphatic rings. The molecular formula is C19H15BrN4O2. The quantitative estimate of drug-likeness (QED) is 0.489. The zero-order valence-electron chi connectivity index (χ0n) is 13.7. The predicted molar refractivity (Wildman–Crippen MR) is 96.3 cm³/mol. The Balaban J connectivity index is 1.54. The minimum Gasteiger partial charge on any atom is -0.539 e. The molecule has 0 amide bonds. The number of aromatic nitrogens is 2. The molecule has 3 heterocycles. The highest BCUT2D eigenvalue weighted by molar-refractivity contribution is 9.10. The van der Waals surface area contributed by atoms with Crippen LogP contribution in [0.3, 0.4) is 0 Å². The Morgan fingerprint density at radius 3 is 2.62 bits per heavy atom. The standard InChI is InChI=1S/C19H15BrN4O2/c20-13-8-6-12(7-9-13)16-17-15(21-10-11-23(16)17)18-19(25)26-22-24(18)14-4-2-1-3-5-14/h1-9,16-17H,10-11H2. The van der Waals surface area contributed by atoms with Crippen molar-refractivity contribution in [3.8, 4) is 11.6 Å². The number of halogens is 1. The molecule has 0 aliphatic carbocycles. The first-order chi connectivity index (χ1) is 12.7. The van der Waals surface area contributed by atoms with E-state index >= 15 is 0 Å². The molecule has 1 fully saturated rings. The van der Waals surface area contributed by atoms with Gasteiger partial charge in [0.2, 0.25) is 5.69 Å². The van der Waals surface area contributed by atoms with Crippen LogP contribution >= 0.6 is 15.9 Å². The van der Waals surface area contributed by atoms with Gasteiger partial charge >= 0.3 is 0 Å². The van der Waals surface area contributed by atoms with E-state index in [4.69, 9.17) is 4.52 Å². The SMILES string of the molecule is [O-]c1on[n+](-c2ccccc2)c1C1=NCCN2C1C2c1ccc(Br)cc1. The molecule has 0 radical (unpaired) electrons. The lowest BCUT2D eigenvalue weighted by Gasteiger charge is -2.09. The maximum Gasteiger partial charge on any atom is 0.286 e. The molecule has 3 atom stereocenters. The molecule has 130 valence electrons. The fourth-order valence-corrected chi connectivity index (χ4v) is 3.96. The zero-order chi connectivity index (χ0) is 17.7. The van der Waals surface area contributed by atoms with Crippen LogP contribution in [-0.2, 0) is 0 Å². The van der Waals surface area contributed by atoms with Gasteiger partial charge in [-0.25, -0.2) is 0 Å². The molecule has 0 bridgehead atoms. The summed E-state index contributed by atoms with van der Waals surface area (Å²) in [6.07, 6.45) is 0. The summed E-state index contributed by atoms with van der Waals surface area (Å²) in [6.45, 7) is 1.55. The van der Waals surface area contributed by atoms with Gasteiger partial charge in [0.25, 0.3) is 5.69 Å². The summed E-state index contributed by atoms with van der Waals surface area (Å²) in [7, 11) is 0. The minimum absolute atomic E-state index is 0.0898. The number of hydrogen-bond donors (Lipinski definition) is 0.